The Bertz CT molecular complexity index is 700. The van der Waals surface area contributed by atoms with Crippen molar-refractivity contribution in [2.75, 3.05) is 7.05 Å². The molecular formula is C13H18N2O4S. The molecule has 0 spiro atoms. The summed E-state index contributed by atoms with van der Waals surface area (Å²) < 4.78 is 33.0. The maximum absolute atomic E-state index is 12.4. The summed E-state index contributed by atoms with van der Waals surface area (Å²) >= 11 is 0. The van der Waals surface area contributed by atoms with Gasteiger partial charge in [0.25, 0.3) is 0 Å². The van der Waals surface area contributed by atoms with Gasteiger partial charge in [0, 0.05) is 26.0 Å². The maximum Gasteiger partial charge on any atom is 0.244 e. The second-order valence-electron chi connectivity index (χ2n) is 4.71. The van der Waals surface area contributed by atoms with Gasteiger partial charge in [0.05, 0.1) is 13.2 Å². The number of furan rings is 1. The lowest BCUT2D eigenvalue weighted by atomic mass is 10.4. The molecule has 0 amide bonds. The minimum atomic E-state index is -3.60. The van der Waals surface area contributed by atoms with Gasteiger partial charge in [-0.25, -0.2) is 8.42 Å². The van der Waals surface area contributed by atoms with E-state index >= 15 is 0 Å². The van der Waals surface area contributed by atoms with Gasteiger partial charge in [-0.1, -0.05) is 0 Å². The van der Waals surface area contributed by atoms with E-state index in [0.29, 0.717) is 11.5 Å². The molecule has 2 aromatic rings. The predicted octanol–water partition coefficient (Wildman–Crippen LogP) is 1.24. The Morgan fingerprint density at radius 3 is 2.60 bits per heavy atom. The maximum atomic E-state index is 12.4. The van der Waals surface area contributed by atoms with Crippen LogP contribution >= 0.6 is 0 Å². The van der Waals surface area contributed by atoms with Gasteiger partial charge >= 0.3 is 0 Å². The summed E-state index contributed by atoms with van der Waals surface area (Å²) in [5, 5.41) is 9.13. The smallest absolute Gasteiger partial charge is 0.244 e. The van der Waals surface area contributed by atoms with Crippen molar-refractivity contribution in [1.29, 1.82) is 0 Å². The number of aryl methyl sites for hydroxylation is 2. The molecule has 0 saturated carbocycles. The van der Waals surface area contributed by atoms with Gasteiger partial charge in [0.15, 0.2) is 0 Å². The van der Waals surface area contributed by atoms with Gasteiger partial charge in [0.1, 0.15) is 16.4 Å². The number of hydrogen-bond acceptors (Lipinski definition) is 4. The lowest BCUT2D eigenvalue weighted by Crippen LogP contribution is -2.26. The van der Waals surface area contributed by atoms with Crippen molar-refractivity contribution in [1.82, 2.24) is 8.87 Å². The molecule has 0 atom stereocenters. The topological polar surface area (TPSA) is 75.7 Å². The normalized spacial score (nSPS) is 12.2. The van der Waals surface area contributed by atoms with Gasteiger partial charge in [-0.15, -0.1) is 0 Å². The summed E-state index contributed by atoms with van der Waals surface area (Å²) in [5.41, 5.74) is 0.547. The number of hydrogen-bond donors (Lipinski definition) is 1. The van der Waals surface area contributed by atoms with Crippen LogP contribution in [0.2, 0.25) is 0 Å². The zero-order valence-corrected chi connectivity index (χ0v) is 12.5. The first kappa shape index (κ1) is 14.8. The van der Waals surface area contributed by atoms with Crippen molar-refractivity contribution in [2.45, 2.75) is 25.0 Å². The number of aromatic nitrogens is 1. The van der Waals surface area contributed by atoms with Gasteiger partial charge < -0.3 is 14.1 Å². The Kier molecular flexibility index (Phi) is 4.03. The molecule has 1 N–H and O–H groups in total. The van der Waals surface area contributed by atoms with E-state index in [-0.39, 0.29) is 18.0 Å². The van der Waals surface area contributed by atoms with Crippen molar-refractivity contribution >= 4 is 10.0 Å². The first-order valence-electron chi connectivity index (χ1n) is 6.12. The summed E-state index contributed by atoms with van der Waals surface area (Å²) in [7, 11) is -0.405. The number of nitrogens with zero attached hydrogens (tertiary/aromatic N) is 2. The Morgan fingerprint density at radius 2 is 2.10 bits per heavy atom. The summed E-state index contributed by atoms with van der Waals surface area (Å²) in [4.78, 5) is 0.162. The Morgan fingerprint density at radius 1 is 1.40 bits per heavy atom. The third kappa shape index (κ3) is 2.79. The predicted molar refractivity (Wildman–Crippen MR) is 73.4 cm³/mol. The second-order valence-corrected chi connectivity index (χ2v) is 6.75. The highest BCUT2D eigenvalue weighted by atomic mass is 32.2. The van der Waals surface area contributed by atoms with Crippen molar-refractivity contribution in [3.63, 3.8) is 0 Å². The van der Waals surface area contributed by atoms with Crippen LogP contribution in [-0.2, 0) is 30.2 Å². The molecule has 2 heterocycles. The molecule has 0 unspecified atom stereocenters. The zero-order chi connectivity index (χ0) is 14.9. The molecule has 2 aromatic heterocycles. The van der Waals surface area contributed by atoms with Crippen LogP contribution in [0.3, 0.4) is 0 Å². The van der Waals surface area contributed by atoms with E-state index < -0.39 is 10.0 Å². The molecule has 0 aliphatic carbocycles. The monoisotopic (exact) mass is 298 g/mol. The lowest BCUT2D eigenvalue weighted by molar-refractivity contribution is 0.272. The van der Waals surface area contributed by atoms with E-state index in [1.165, 1.54) is 23.6 Å². The molecule has 7 heteroatoms. The Labute approximate surface area is 118 Å². The summed E-state index contributed by atoms with van der Waals surface area (Å²) in [6.07, 6.45) is 1.49. The average Bonchev–Trinajstić information content (AvgIpc) is 2.95. The van der Waals surface area contributed by atoms with Crippen LogP contribution < -0.4 is 0 Å². The summed E-state index contributed by atoms with van der Waals surface area (Å²) in [6, 6.07) is 5.02. The van der Waals surface area contributed by atoms with Gasteiger partial charge in [-0.05, 0) is 25.1 Å². The van der Waals surface area contributed by atoms with Crippen molar-refractivity contribution in [3.8, 4) is 0 Å². The van der Waals surface area contributed by atoms with E-state index in [9.17, 15) is 8.42 Å². The minimum absolute atomic E-state index is 0.162. The van der Waals surface area contributed by atoms with Crippen LogP contribution in [0.1, 0.15) is 17.2 Å². The number of rotatable bonds is 5. The SMILES string of the molecule is Cc1ccc(CN(C)S(=O)(=O)c2cc(CO)n(C)c2)o1. The lowest BCUT2D eigenvalue weighted by Gasteiger charge is -2.14. The minimum Gasteiger partial charge on any atom is -0.465 e. The fourth-order valence-electron chi connectivity index (χ4n) is 1.93. The van der Waals surface area contributed by atoms with E-state index in [1.807, 2.05) is 6.92 Å². The highest BCUT2D eigenvalue weighted by Gasteiger charge is 2.24. The van der Waals surface area contributed by atoms with Crippen LogP contribution in [0.25, 0.3) is 0 Å². The van der Waals surface area contributed by atoms with Gasteiger partial charge in [-0.2, -0.15) is 4.31 Å². The molecule has 0 aromatic carbocycles. The van der Waals surface area contributed by atoms with Crippen LogP contribution in [-0.4, -0.2) is 29.4 Å². The van der Waals surface area contributed by atoms with Gasteiger partial charge in [0.2, 0.25) is 10.0 Å². The molecule has 20 heavy (non-hydrogen) atoms. The molecule has 0 aliphatic rings. The molecule has 0 aliphatic heterocycles. The van der Waals surface area contributed by atoms with E-state index in [2.05, 4.69) is 0 Å². The second kappa shape index (κ2) is 5.43. The van der Waals surface area contributed by atoms with Crippen LogP contribution in [0.15, 0.2) is 33.7 Å². The first-order valence-corrected chi connectivity index (χ1v) is 7.56. The molecule has 0 fully saturated rings. The third-order valence-corrected chi connectivity index (χ3v) is 4.90. The fraction of sp³-hybridized carbons (Fsp3) is 0.385. The number of sulfonamides is 1. The molecular weight excluding hydrogens is 280 g/mol. The summed E-state index contributed by atoms with van der Waals surface area (Å²) in [5.74, 6) is 1.33. The van der Waals surface area contributed by atoms with Crippen LogP contribution in [0.5, 0.6) is 0 Å². The van der Waals surface area contributed by atoms with Gasteiger partial charge in [-0.3, -0.25) is 0 Å². The van der Waals surface area contributed by atoms with Crippen LogP contribution in [0, 0.1) is 6.92 Å². The van der Waals surface area contributed by atoms with Crippen molar-refractivity contribution in [3.05, 3.63) is 41.6 Å². The molecule has 2 rings (SSSR count). The first-order chi connectivity index (χ1) is 9.34. The Balaban J connectivity index is 2.24. The highest BCUT2D eigenvalue weighted by molar-refractivity contribution is 7.89. The van der Waals surface area contributed by atoms with Crippen molar-refractivity contribution < 1.29 is 17.9 Å². The molecule has 0 bridgehead atoms. The molecule has 6 nitrogen and oxygen atoms in total. The average molecular weight is 298 g/mol. The zero-order valence-electron chi connectivity index (χ0n) is 11.7. The standard InChI is InChI=1S/C13H18N2O4S/c1-10-4-5-12(19-10)7-15(3)20(17,18)13-6-11(9-16)14(2)8-13/h4-6,8,16H,7,9H2,1-3H3. The quantitative estimate of drug-likeness (QED) is 0.901. The number of aliphatic hydroxyl groups is 1. The molecule has 0 saturated heterocycles. The van der Waals surface area contributed by atoms with Crippen molar-refractivity contribution in [2.24, 2.45) is 7.05 Å². The van der Waals surface area contributed by atoms with E-state index in [0.717, 1.165) is 5.76 Å². The highest BCUT2D eigenvalue weighted by Crippen LogP contribution is 2.20. The van der Waals surface area contributed by atoms with Crippen LogP contribution in [0.4, 0.5) is 0 Å². The summed E-state index contributed by atoms with van der Waals surface area (Å²) in [6.45, 7) is 1.77. The fourth-order valence-corrected chi connectivity index (χ4v) is 3.16. The van der Waals surface area contributed by atoms with E-state index in [1.54, 1.807) is 23.7 Å². The largest absolute Gasteiger partial charge is 0.465 e. The van der Waals surface area contributed by atoms with E-state index in [4.69, 9.17) is 9.52 Å². The molecule has 110 valence electrons. The number of aliphatic hydroxyl groups excluding tert-OH is 1. The molecule has 0 radical (unpaired) electrons. The third-order valence-electron chi connectivity index (χ3n) is 3.13. The Hall–Kier alpha value is -1.57.